The summed E-state index contributed by atoms with van der Waals surface area (Å²) in [6, 6.07) is 16.2. The molecule has 2 aromatic carbocycles. The molecule has 166 valence electrons. The largest absolute Gasteiger partial charge is 0.455 e. The third-order valence-electron chi connectivity index (χ3n) is 5.42. The molecule has 0 aliphatic rings. The van der Waals surface area contributed by atoms with Crippen molar-refractivity contribution >= 4 is 23.5 Å². The second-order valence-electron chi connectivity index (χ2n) is 7.49. The highest BCUT2D eigenvalue weighted by Crippen LogP contribution is 2.28. The lowest BCUT2D eigenvalue weighted by molar-refractivity contribution is -0.150. The summed E-state index contributed by atoms with van der Waals surface area (Å²) in [6.07, 6.45) is 0.814. The monoisotopic (exact) mass is 424 g/mol. The van der Waals surface area contributed by atoms with Crippen LogP contribution < -0.4 is 5.32 Å². The van der Waals surface area contributed by atoms with Crippen molar-refractivity contribution in [1.29, 1.82) is 0 Å². The Bertz CT molecular complexity index is 878. The van der Waals surface area contributed by atoms with Crippen molar-refractivity contribution < 1.29 is 19.1 Å². The minimum Gasteiger partial charge on any atom is -0.455 e. The standard InChI is InChI=1S/C25H32N2O4/c1-5-18(4)23(19-12-9-8-10-13-19)25(30)31-17-22(28)26-21-15-11-14-20(16-21)24(29)27(6-2)7-3/h8-16,18,23H,5-7,17H2,1-4H3,(H,26,28)/t18-,23+/m0/s1. The van der Waals surface area contributed by atoms with Crippen LogP contribution in [-0.2, 0) is 14.3 Å². The van der Waals surface area contributed by atoms with E-state index < -0.39 is 17.8 Å². The number of hydrogen-bond donors (Lipinski definition) is 1. The van der Waals surface area contributed by atoms with Gasteiger partial charge in [-0.05, 0) is 43.5 Å². The number of nitrogens with one attached hydrogen (secondary N) is 1. The van der Waals surface area contributed by atoms with Crippen molar-refractivity contribution in [3.05, 3.63) is 65.7 Å². The van der Waals surface area contributed by atoms with Gasteiger partial charge < -0.3 is 15.0 Å². The Kier molecular flexibility index (Phi) is 9.25. The molecule has 0 bridgehead atoms. The van der Waals surface area contributed by atoms with Gasteiger partial charge in [0.05, 0.1) is 5.92 Å². The molecule has 0 fully saturated rings. The lowest BCUT2D eigenvalue weighted by atomic mass is 9.86. The zero-order chi connectivity index (χ0) is 22.8. The van der Waals surface area contributed by atoms with Crippen LogP contribution in [-0.4, -0.2) is 42.4 Å². The molecule has 0 aliphatic carbocycles. The summed E-state index contributed by atoms with van der Waals surface area (Å²) in [5, 5.41) is 2.70. The van der Waals surface area contributed by atoms with E-state index >= 15 is 0 Å². The molecule has 2 rings (SSSR count). The van der Waals surface area contributed by atoms with Crippen LogP contribution in [0, 0.1) is 5.92 Å². The number of rotatable bonds is 10. The van der Waals surface area contributed by atoms with E-state index in [-0.39, 0.29) is 18.4 Å². The van der Waals surface area contributed by atoms with Crippen molar-refractivity contribution in [1.82, 2.24) is 4.90 Å². The first-order valence-electron chi connectivity index (χ1n) is 10.8. The highest BCUT2D eigenvalue weighted by Gasteiger charge is 2.27. The van der Waals surface area contributed by atoms with Crippen molar-refractivity contribution in [3.8, 4) is 0 Å². The number of ether oxygens (including phenoxy) is 1. The summed E-state index contributed by atoms with van der Waals surface area (Å²) >= 11 is 0. The Labute approximate surface area is 184 Å². The third kappa shape index (κ3) is 6.67. The summed E-state index contributed by atoms with van der Waals surface area (Å²) in [7, 11) is 0. The highest BCUT2D eigenvalue weighted by atomic mass is 16.5. The first kappa shape index (κ1) is 24.1. The Morgan fingerprint density at radius 1 is 0.968 bits per heavy atom. The molecule has 0 aliphatic heterocycles. The summed E-state index contributed by atoms with van der Waals surface area (Å²) in [4.78, 5) is 39.3. The average molecular weight is 425 g/mol. The number of amides is 2. The van der Waals surface area contributed by atoms with Gasteiger partial charge in [0.15, 0.2) is 6.61 Å². The highest BCUT2D eigenvalue weighted by molar-refractivity contribution is 5.97. The van der Waals surface area contributed by atoms with Crippen LogP contribution in [0.15, 0.2) is 54.6 Å². The fourth-order valence-corrected chi connectivity index (χ4v) is 3.44. The van der Waals surface area contributed by atoms with Gasteiger partial charge in [0.25, 0.3) is 11.8 Å². The quantitative estimate of drug-likeness (QED) is 0.571. The number of carbonyl (C=O) groups excluding carboxylic acids is 3. The molecular weight excluding hydrogens is 392 g/mol. The van der Waals surface area contributed by atoms with Gasteiger partial charge >= 0.3 is 5.97 Å². The van der Waals surface area contributed by atoms with E-state index in [1.54, 1.807) is 29.2 Å². The summed E-state index contributed by atoms with van der Waals surface area (Å²) in [5.74, 6) is -1.29. The molecule has 0 spiro atoms. The lowest BCUT2D eigenvalue weighted by Crippen LogP contribution is -2.30. The Morgan fingerprint density at radius 3 is 2.26 bits per heavy atom. The molecule has 2 atom stereocenters. The van der Waals surface area contributed by atoms with E-state index in [0.717, 1.165) is 12.0 Å². The molecule has 31 heavy (non-hydrogen) atoms. The number of hydrogen-bond acceptors (Lipinski definition) is 4. The van der Waals surface area contributed by atoms with E-state index in [0.29, 0.717) is 24.3 Å². The lowest BCUT2D eigenvalue weighted by Gasteiger charge is -2.22. The number of nitrogens with zero attached hydrogens (tertiary/aromatic N) is 1. The van der Waals surface area contributed by atoms with Crippen LogP contribution in [0.5, 0.6) is 0 Å². The first-order valence-corrected chi connectivity index (χ1v) is 10.8. The number of carbonyl (C=O) groups is 3. The number of esters is 1. The summed E-state index contributed by atoms with van der Waals surface area (Å²) in [5.41, 5.74) is 1.87. The molecule has 2 aromatic rings. The normalized spacial score (nSPS) is 12.5. The maximum Gasteiger partial charge on any atom is 0.314 e. The van der Waals surface area contributed by atoms with Gasteiger partial charge in [0.2, 0.25) is 0 Å². The molecule has 0 radical (unpaired) electrons. The molecule has 2 amide bonds. The van der Waals surface area contributed by atoms with E-state index in [2.05, 4.69) is 5.32 Å². The Balaban J connectivity index is 2.00. The van der Waals surface area contributed by atoms with Gasteiger partial charge in [0.1, 0.15) is 0 Å². The second kappa shape index (κ2) is 11.9. The minimum absolute atomic E-state index is 0.0840. The second-order valence-corrected chi connectivity index (χ2v) is 7.49. The fourth-order valence-electron chi connectivity index (χ4n) is 3.44. The molecule has 6 nitrogen and oxygen atoms in total. The predicted molar refractivity (Wildman–Crippen MR) is 122 cm³/mol. The van der Waals surface area contributed by atoms with Crippen LogP contribution in [0.1, 0.15) is 56.0 Å². The maximum absolute atomic E-state index is 12.7. The average Bonchev–Trinajstić information content (AvgIpc) is 2.79. The molecule has 0 saturated carbocycles. The van der Waals surface area contributed by atoms with E-state index in [9.17, 15) is 14.4 Å². The molecule has 0 heterocycles. The van der Waals surface area contributed by atoms with Gasteiger partial charge in [-0.25, -0.2) is 0 Å². The molecule has 0 unspecified atom stereocenters. The molecule has 0 aromatic heterocycles. The third-order valence-corrected chi connectivity index (χ3v) is 5.42. The van der Waals surface area contributed by atoms with Gasteiger partial charge in [-0.3, -0.25) is 14.4 Å². The SMILES string of the molecule is CC[C@H](C)[C@@H](C(=O)OCC(=O)Nc1cccc(C(=O)N(CC)CC)c1)c1ccccc1. The van der Waals surface area contributed by atoms with Gasteiger partial charge in [-0.1, -0.05) is 56.7 Å². The smallest absolute Gasteiger partial charge is 0.314 e. The number of benzene rings is 2. The predicted octanol–water partition coefficient (Wildman–Crippen LogP) is 4.48. The molecule has 1 N–H and O–H groups in total. The first-order chi connectivity index (χ1) is 14.9. The van der Waals surface area contributed by atoms with E-state index in [4.69, 9.17) is 4.74 Å². The fraction of sp³-hybridized carbons (Fsp3) is 0.400. The van der Waals surface area contributed by atoms with Crippen LogP contribution in [0.3, 0.4) is 0 Å². The molecule has 6 heteroatoms. The van der Waals surface area contributed by atoms with Crippen molar-refractivity contribution in [2.24, 2.45) is 5.92 Å². The van der Waals surface area contributed by atoms with Gasteiger partial charge in [0, 0.05) is 24.3 Å². The molecular formula is C25H32N2O4. The number of anilines is 1. The van der Waals surface area contributed by atoms with E-state index in [1.807, 2.05) is 58.0 Å². The van der Waals surface area contributed by atoms with Crippen LogP contribution in [0.2, 0.25) is 0 Å². The topological polar surface area (TPSA) is 75.7 Å². The van der Waals surface area contributed by atoms with Crippen molar-refractivity contribution in [2.45, 2.75) is 40.0 Å². The van der Waals surface area contributed by atoms with E-state index in [1.165, 1.54) is 0 Å². The van der Waals surface area contributed by atoms with Crippen molar-refractivity contribution in [2.75, 3.05) is 25.0 Å². The summed E-state index contributed by atoms with van der Waals surface area (Å²) < 4.78 is 5.34. The zero-order valence-electron chi connectivity index (χ0n) is 18.8. The van der Waals surface area contributed by atoms with Crippen LogP contribution in [0.4, 0.5) is 5.69 Å². The minimum atomic E-state index is -0.447. The zero-order valence-corrected chi connectivity index (χ0v) is 18.8. The summed E-state index contributed by atoms with van der Waals surface area (Å²) in [6.45, 7) is 8.70. The van der Waals surface area contributed by atoms with Gasteiger partial charge in [-0.15, -0.1) is 0 Å². The van der Waals surface area contributed by atoms with Crippen molar-refractivity contribution in [3.63, 3.8) is 0 Å². The molecule has 0 saturated heterocycles. The Hall–Kier alpha value is -3.15. The van der Waals surface area contributed by atoms with Gasteiger partial charge in [-0.2, -0.15) is 0 Å². The van der Waals surface area contributed by atoms with Crippen LogP contribution in [0.25, 0.3) is 0 Å². The Morgan fingerprint density at radius 2 is 1.65 bits per heavy atom. The maximum atomic E-state index is 12.7. The van der Waals surface area contributed by atoms with Crippen LogP contribution >= 0.6 is 0 Å².